The van der Waals surface area contributed by atoms with Gasteiger partial charge >= 0.3 is 0 Å². The third-order valence-corrected chi connectivity index (χ3v) is 3.52. The van der Waals surface area contributed by atoms with Crippen molar-refractivity contribution in [3.8, 4) is 11.5 Å². The summed E-state index contributed by atoms with van der Waals surface area (Å²) in [6.07, 6.45) is 1.52. The molecule has 1 aliphatic rings. The molecule has 0 atom stereocenters. The molecule has 1 amide bonds. The summed E-state index contributed by atoms with van der Waals surface area (Å²) in [6.45, 7) is 0.443. The Morgan fingerprint density at radius 1 is 1.21 bits per heavy atom. The van der Waals surface area contributed by atoms with Gasteiger partial charge in [0.2, 0.25) is 6.79 Å². The first-order valence-corrected chi connectivity index (χ1v) is 7.64. The highest BCUT2D eigenvalue weighted by Crippen LogP contribution is 2.32. The number of ether oxygens (including phenoxy) is 2. The van der Waals surface area contributed by atoms with Gasteiger partial charge in [-0.15, -0.1) is 0 Å². The summed E-state index contributed by atoms with van der Waals surface area (Å²) in [7, 11) is 0. The molecular formula is C17H15ClN2O4. The molecule has 124 valence electrons. The minimum absolute atomic E-state index is 0.158. The average molecular weight is 347 g/mol. The van der Waals surface area contributed by atoms with Crippen molar-refractivity contribution in [3.05, 3.63) is 58.6 Å². The van der Waals surface area contributed by atoms with Crippen LogP contribution in [0.15, 0.2) is 47.6 Å². The van der Waals surface area contributed by atoms with Gasteiger partial charge in [-0.2, -0.15) is 0 Å². The van der Waals surface area contributed by atoms with Crippen molar-refractivity contribution in [3.63, 3.8) is 0 Å². The number of fused-ring (bicyclic) bond motifs is 1. The van der Waals surface area contributed by atoms with Crippen LogP contribution >= 0.6 is 11.6 Å². The third-order valence-electron chi connectivity index (χ3n) is 3.27. The Labute approximate surface area is 144 Å². The Balaban J connectivity index is 1.40. The molecule has 0 spiro atoms. The molecule has 2 aromatic carbocycles. The van der Waals surface area contributed by atoms with E-state index in [1.165, 1.54) is 6.21 Å². The number of halogens is 1. The van der Waals surface area contributed by atoms with Crippen LogP contribution in [0.1, 0.15) is 11.1 Å². The minimum atomic E-state index is -0.263. The molecule has 2 aromatic rings. The van der Waals surface area contributed by atoms with E-state index >= 15 is 0 Å². The number of amides is 1. The highest BCUT2D eigenvalue weighted by molar-refractivity contribution is 6.30. The predicted molar refractivity (Wildman–Crippen MR) is 89.4 cm³/mol. The first-order chi connectivity index (χ1) is 11.7. The largest absolute Gasteiger partial charge is 0.454 e. The molecule has 0 aromatic heterocycles. The van der Waals surface area contributed by atoms with Crippen LogP contribution in [-0.4, -0.2) is 25.5 Å². The van der Waals surface area contributed by atoms with E-state index in [1.807, 2.05) is 18.2 Å². The molecule has 0 saturated heterocycles. The molecule has 0 bridgehead atoms. The molecule has 0 unspecified atom stereocenters. The SMILES string of the molecule is O=C(CO/N=C/c1ccc(Cl)cc1)NCc1ccc2c(c1)OCO2. The first kappa shape index (κ1) is 16.1. The van der Waals surface area contributed by atoms with Gasteiger partial charge in [-0.3, -0.25) is 4.79 Å². The predicted octanol–water partition coefficient (Wildman–Crippen LogP) is 2.74. The van der Waals surface area contributed by atoms with E-state index in [0.717, 1.165) is 11.1 Å². The molecule has 3 rings (SSSR count). The van der Waals surface area contributed by atoms with Gasteiger partial charge in [0.1, 0.15) is 0 Å². The molecule has 1 aliphatic heterocycles. The maximum Gasteiger partial charge on any atom is 0.261 e. The second-order valence-corrected chi connectivity index (χ2v) is 5.46. The van der Waals surface area contributed by atoms with E-state index in [4.69, 9.17) is 25.9 Å². The quantitative estimate of drug-likeness (QED) is 0.645. The summed E-state index contributed by atoms with van der Waals surface area (Å²) in [5.74, 6) is 1.14. The average Bonchev–Trinajstić information content (AvgIpc) is 3.06. The van der Waals surface area contributed by atoms with Crippen molar-refractivity contribution >= 4 is 23.7 Å². The topological polar surface area (TPSA) is 69.2 Å². The van der Waals surface area contributed by atoms with Crippen molar-refractivity contribution in [2.45, 2.75) is 6.54 Å². The molecule has 0 aliphatic carbocycles. The zero-order valence-electron chi connectivity index (χ0n) is 12.7. The number of carbonyl (C=O) groups excluding carboxylic acids is 1. The van der Waals surface area contributed by atoms with Crippen molar-refractivity contribution < 1.29 is 19.1 Å². The van der Waals surface area contributed by atoms with E-state index < -0.39 is 0 Å². The molecule has 0 radical (unpaired) electrons. The normalized spacial score (nSPS) is 12.4. The summed E-state index contributed by atoms with van der Waals surface area (Å²) in [4.78, 5) is 16.7. The standard InChI is InChI=1S/C17H15ClN2O4/c18-14-4-1-12(2-5-14)9-20-24-10-17(21)19-8-13-3-6-15-16(7-13)23-11-22-15/h1-7,9H,8,10-11H2,(H,19,21)/b20-9+. The lowest BCUT2D eigenvalue weighted by molar-refractivity contribution is -0.125. The maximum atomic E-state index is 11.7. The lowest BCUT2D eigenvalue weighted by atomic mass is 10.2. The number of hydrogen-bond acceptors (Lipinski definition) is 5. The van der Waals surface area contributed by atoms with Gasteiger partial charge in [0.05, 0.1) is 6.21 Å². The number of benzene rings is 2. The number of hydrogen-bond donors (Lipinski definition) is 1. The maximum absolute atomic E-state index is 11.7. The molecule has 1 heterocycles. The lowest BCUT2D eigenvalue weighted by Crippen LogP contribution is -2.26. The van der Waals surface area contributed by atoms with Crippen molar-refractivity contribution in [1.29, 1.82) is 0 Å². The number of carbonyl (C=O) groups is 1. The summed E-state index contributed by atoms with van der Waals surface area (Å²) in [6, 6.07) is 12.6. The van der Waals surface area contributed by atoms with Crippen LogP contribution in [0.25, 0.3) is 0 Å². The Morgan fingerprint density at radius 3 is 2.83 bits per heavy atom. The van der Waals surface area contributed by atoms with Gasteiger partial charge in [0.15, 0.2) is 18.1 Å². The number of nitrogens with one attached hydrogen (secondary N) is 1. The van der Waals surface area contributed by atoms with Crippen LogP contribution in [0.2, 0.25) is 5.02 Å². The Morgan fingerprint density at radius 2 is 2.00 bits per heavy atom. The fourth-order valence-electron chi connectivity index (χ4n) is 2.05. The van der Waals surface area contributed by atoms with Crippen LogP contribution in [0.3, 0.4) is 0 Å². The summed E-state index contributed by atoms with van der Waals surface area (Å²) < 4.78 is 10.5. The van der Waals surface area contributed by atoms with Gasteiger partial charge in [0, 0.05) is 11.6 Å². The Hall–Kier alpha value is -2.73. The molecule has 7 heteroatoms. The smallest absolute Gasteiger partial charge is 0.261 e. The fraction of sp³-hybridized carbons (Fsp3) is 0.176. The molecule has 24 heavy (non-hydrogen) atoms. The van der Waals surface area contributed by atoms with Crippen LogP contribution in [0, 0.1) is 0 Å². The van der Waals surface area contributed by atoms with Crippen molar-refractivity contribution in [2.24, 2.45) is 5.16 Å². The number of rotatable bonds is 6. The minimum Gasteiger partial charge on any atom is -0.454 e. The van der Waals surface area contributed by atoms with E-state index in [0.29, 0.717) is 23.1 Å². The van der Waals surface area contributed by atoms with E-state index in [1.54, 1.807) is 24.3 Å². The van der Waals surface area contributed by atoms with Gasteiger partial charge < -0.3 is 19.6 Å². The van der Waals surface area contributed by atoms with Crippen LogP contribution in [0.5, 0.6) is 11.5 Å². The number of oxime groups is 1. The van der Waals surface area contributed by atoms with E-state index in [9.17, 15) is 4.79 Å². The Kier molecular flexibility index (Phi) is 5.18. The monoisotopic (exact) mass is 346 g/mol. The second kappa shape index (κ2) is 7.70. The summed E-state index contributed by atoms with van der Waals surface area (Å²) in [5.41, 5.74) is 1.75. The Bertz CT molecular complexity index is 747. The van der Waals surface area contributed by atoms with Gasteiger partial charge in [0.25, 0.3) is 5.91 Å². The molecule has 0 saturated carbocycles. The zero-order valence-corrected chi connectivity index (χ0v) is 13.5. The highest BCUT2D eigenvalue weighted by atomic mass is 35.5. The molecule has 1 N–H and O–H groups in total. The fourth-order valence-corrected chi connectivity index (χ4v) is 2.17. The van der Waals surface area contributed by atoms with Gasteiger partial charge in [-0.05, 0) is 35.4 Å². The third kappa shape index (κ3) is 4.39. The van der Waals surface area contributed by atoms with Crippen molar-refractivity contribution in [2.75, 3.05) is 13.4 Å². The van der Waals surface area contributed by atoms with E-state index in [-0.39, 0.29) is 19.3 Å². The van der Waals surface area contributed by atoms with Gasteiger partial charge in [-0.25, -0.2) is 0 Å². The van der Waals surface area contributed by atoms with Gasteiger partial charge in [-0.1, -0.05) is 35.0 Å². The van der Waals surface area contributed by atoms with Crippen LogP contribution < -0.4 is 14.8 Å². The molecular weight excluding hydrogens is 332 g/mol. The summed E-state index contributed by atoms with van der Waals surface area (Å²) >= 11 is 5.79. The van der Waals surface area contributed by atoms with E-state index in [2.05, 4.69) is 10.5 Å². The summed E-state index contributed by atoms with van der Waals surface area (Å²) in [5, 5.41) is 7.14. The number of nitrogens with zero attached hydrogens (tertiary/aromatic N) is 1. The molecule has 6 nitrogen and oxygen atoms in total. The van der Waals surface area contributed by atoms with Crippen LogP contribution in [-0.2, 0) is 16.2 Å². The highest BCUT2D eigenvalue weighted by Gasteiger charge is 2.13. The lowest BCUT2D eigenvalue weighted by Gasteiger charge is -2.05. The first-order valence-electron chi connectivity index (χ1n) is 7.27. The second-order valence-electron chi connectivity index (χ2n) is 5.02. The zero-order chi connectivity index (χ0) is 16.8. The molecule has 0 fully saturated rings. The van der Waals surface area contributed by atoms with Crippen LogP contribution in [0.4, 0.5) is 0 Å². The van der Waals surface area contributed by atoms with Crippen molar-refractivity contribution in [1.82, 2.24) is 5.32 Å².